The molecule has 2 aromatic heterocycles. The molecule has 6 nitrogen and oxygen atoms in total. The minimum atomic E-state index is -0.736. The smallest absolute Gasteiger partial charge is 0.223 e. The highest BCUT2D eigenvalue weighted by atomic mass is 32.1. The summed E-state index contributed by atoms with van der Waals surface area (Å²) in [5, 5.41) is 16.5. The molecule has 0 aliphatic carbocycles. The summed E-state index contributed by atoms with van der Waals surface area (Å²) < 4.78 is 5.26. The van der Waals surface area contributed by atoms with Crippen LogP contribution in [0.5, 0.6) is 0 Å². The first-order valence-electron chi connectivity index (χ1n) is 6.21. The van der Waals surface area contributed by atoms with Gasteiger partial charge in [-0.15, -0.1) is 11.3 Å². The lowest BCUT2D eigenvalue weighted by Crippen LogP contribution is -2.42. The van der Waals surface area contributed by atoms with E-state index < -0.39 is 5.60 Å². The predicted octanol–water partition coefficient (Wildman–Crippen LogP) is 1.23. The molecule has 3 heterocycles. The van der Waals surface area contributed by atoms with Gasteiger partial charge in [-0.1, -0.05) is 0 Å². The van der Waals surface area contributed by atoms with Gasteiger partial charge in [-0.3, -0.25) is 0 Å². The van der Waals surface area contributed by atoms with Crippen LogP contribution in [0.2, 0.25) is 0 Å². The number of aromatic nitrogens is 2. The molecule has 7 heteroatoms. The van der Waals surface area contributed by atoms with Crippen molar-refractivity contribution in [2.45, 2.75) is 18.4 Å². The van der Waals surface area contributed by atoms with E-state index in [0.717, 1.165) is 10.2 Å². The summed E-state index contributed by atoms with van der Waals surface area (Å²) in [5.74, 6) is 0.931. The van der Waals surface area contributed by atoms with E-state index in [9.17, 15) is 5.11 Å². The van der Waals surface area contributed by atoms with Crippen LogP contribution in [-0.2, 0) is 4.74 Å². The summed E-state index contributed by atoms with van der Waals surface area (Å²) in [6.45, 7) is 1.63. The molecular weight excluding hydrogens is 264 g/mol. The number of fused-ring (bicyclic) bond motifs is 1. The van der Waals surface area contributed by atoms with E-state index in [1.165, 1.54) is 11.3 Å². The first-order chi connectivity index (χ1) is 9.16. The SMILES string of the molecule is Nc1nc(NCC2(O)CCOCC2)c2ccsc2n1. The number of hydrogen-bond acceptors (Lipinski definition) is 7. The number of nitrogens with zero attached hydrogens (tertiary/aromatic N) is 2. The highest BCUT2D eigenvalue weighted by molar-refractivity contribution is 7.16. The van der Waals surface area contributed by atoms with Gasteiger partial charge in [0.25, 0.3) is 0 Å². The average molecular weight is 280 g/mol. The van der Waals surface area contributed by atoms with Crippen molar-refractivity contribution >= 4 is 33.3 Å². The minimum absolute atomic E-state index is 0.247. The Bertz CT molecular complexity index is 580. The van der Waals surface area contributed by atoms with Gasteiger partial charge in [-0.2, -0.15) is 4.98 Å². The maximum atomic E-state index is 10.4. The topological polar surface area (TPSA) is 93.3 Å². The number of ether oxygens (including phenoxy) is 1. The molecule has 1 fully saturated rings. The van der Waals surface area contributed by atoms with Crippen molar-refractivity contribution in [1.29, 1.82) is 0 Å². The molecular formula is C12H16N4O2S. The lowest BCUT2D eigenvalue weighted by molar-refractivity contribution is -0.0543. The van der Waals surface area contributed by atoms with Crippen molar-refractivity contribution < 1.29 is 9.84 Å². The first-order valence-corrected chi connectivity index (χ1v) is 7.09. The number of nitrogens with one attached hydrogen (secondary N) is 1. The molecule has 102 valence electrons. The first kappa shape index (κ1) is 12.6. The van der Waals surface area contributed by atoms with Crippen LogP contribution >= 0.6 is 11.3 Å². The molecule has 19 heavy (non-hydrogen) atoms. The number of nitrogen functional groups attached to an aromatic ring is 1. The van der Waals surface area contributed by atoms with Crippen LogP contribution in [0.1, 0.15) is 12.8 Å². The highest BCUT2D eigenvalue weighted by Crippen LogP contribution is 2.27. The summed E-state index contributed by atoms with van der Waals surface area (Å²) in [5.41, 5.74) is 4.95. The molecule has 3 rings (SSSR count). The average Bonchev–Trinajstić information content (AvgIpc) is 2.85. The molecule has 2 aromatic rings. The fourth-order valence-corrected chi connectivity index (χ4v) is 2.95. The Kier molecular flexibility index (Phi) is 3.26. The predicted molar refractivity (Wildman–Crippen MR) is 75.3 cm³/mol. The Morgan fingerprint density at radius 1 is 1.42 bits per heavy atom. The van der Waals surface area contributed by atoms with Crippen LogP contribution in [0.3, 0.4) is 0 Å². The van der Waals surface area contributed by atoms with Crippen molar-refractivity contribution in [1.82, 2.24) is 9.97 Å². The molecule has 0 unspecified atom stereocenters. The van der Waals surface area contributed by atoms with Gasteiger partial charge >= 0.3 is 0 Å². The highest BCUT2D eigenvalue weighted by Gasteiger charge is 2.29. The zero-order valence-corrected chi connectivity index (χ0v) is 11.2. The summed E-state index contributed by atoms with van der Waals surface area (Å²) in [6, 6.07) is 1.95. The van der Waals surface area contributed by atoms with Crippen LogP contribution < -0.4 is 11.1 Å². The maximum absolute atomic E-state index is 10.4. The molecule has 0 atom stereocenters. The lowest BCUT2D eigenvalue weighted by Gasteiger charge is -2.32. The Morgan fingerprint density at radius 2 is 2.21 bits per heavy atom. The standard InChI is InChI=1S/C12H16N4O2S/c13-11-15-9(8-1-6-19-10(8)16-11)14-7-12(17)2-4-18-5-3-12/h1,6,17H,2-5,7H2,(H3,13,14,15,16). The van der Waals surface area contributed by atoms with Gasteiger partial charge in [0, 0.05) is 32.6 Å². The largest absolute Gasteiger partial charge is 0.388 e. The molecule has 0 spiro atoms. The maximum Gasteiger partial charge on any atom is 0.223 e. The molecule has 1 aliphatic rings. The van der Waals surface area contributed by atoms with Gasteiger partial charge in [0.1, 0.15) is 10.6 Å². The van der Waals surface area contributed by atoms with Gasteiger partial charge in [-0.05, 0) is 11.4 Å². The van der Waals surface area contributed by atoms with Crippen molar-refractivity contribution in [3.05, 3.63) is 11.4 Å². The van der Waals surface area contributed by atoms with E-state index in [1.807, 2.05) is 11.4 Å². The fourth-order valence-electron chi connectivity index (χ4n) is 2.18. The molecule has 4 N–H and O–H groups in total. The Hall–Kier alpha value is -1.44. The second kappa shape index (κ2) is 4.92. The normalized spacial score (nSPS) is 18.6. The quantitative estimate of drug-likeness (QED) is 0.783. The zero-order chi connectivity index (χ0) is 13.3. The number of aliphatic hydroxyl groups is 1. The van der Waals surface area contributed by atoms with Crippen LogP contribution in [0.4, 0.5) is 11.8 Å². The Labute approximate surface area is 114 Å². The molecule has 1 saturated heterocycles. The second-order valence-electron chi connectivity index (χ2n) is 4.76. The van der Waals surface area contributed by atoms with Crippen molar-refractivity contribution in [3.63, 3.8) is 0 Å². The van der Waals surface area contributed by atoms with Crippen molar-refractivity contribution in [2.75, 3.05) is 30.8 Å². The van der Waals surface area contributed by atoms with Crippen LogP contribution in [0, 0.1) is 0 Å². The molecule has 0 radical (unpaired) electrons. The monoisotopic (exact) mass is 280 g/mol. The number of anilines is 2. The molecule has 1 aliphatic heterocycles. The number of hydrogen-bond donors (Lipinski definition) is 3. The minimum Gasteiger partial charge on any atom is -0.388 e. The Morgan fingerprint density at radius 3 is 3.00 bits per heavy atom. The third-order valence-electron chi connectivity index (χ3n) is 3.35. The summed E-state index contributed by atoms with van der Waals surface area (Å²) in [4.78, 5) is 9.24. The van der Waals surface area contributed by atoms with E-state index in [4.69, 9.17) is 10.5 Å². The van der Waals surface area contributed by atoms with Gasteiger partial charge in [0.15, 0.2) is 0 Å². The van der Waals surface area contributed by atoms with Crippen LogP contribution in [0.25, 0.3) is 10.2 Å². The van der Waals surface area contributed by atoms with Crippen molar-refractivity contribution in [3.8, 4) is 0 Å². The molecule has 0 saturated carbocycles. The van der Waals surface area contributed by atoms with Crippen molar-refractivity contribution in [2.24, 2.45) is 0 Å². The van der Waals surface area contributed by atoms with E-state index >= 15 is 0 Å². The van der Waals surface area contributed by atoms with E-state index in [0.29, 0.717) is 38.4 Å². The summed E-state index contributed by atoms with van der Waals surface area (Å²) in [6.07, 6.45) is 1.26. The number of nitrogens with two attached hydrogens (primary N) is 1. The van der Waals surface area contributed by atoms with Gasteiger partial charge < -0.3 is 20.9 Å². The van der Waals surface area contributed by atoms with Gasteiger partial charge in [0.05, 0.1) is 11.0 Å². The fraction of sp³-hybridized carbons (Fsp3) is 0.500. The molecule has 0 bridgehead atoms. The number of rotatable bonds is 3. The Balaban J connectivity index is 1.79. The van der Waals surface area contributed by atoms with Gasteiger partial charge in [0.2, 0.25) is 5.95 Å². The molecule has 0 aromatic carbocycles. The summed E-state index contributed by atoms with van der Waals surface area (Å²) >= 11 is 1.52. The third-order valence-corrected chi connectivity index (χ3v) is 4.16. The van der Waals surface area contributed by atoms with E-state index in [1.54, 1.807) is 0 Å². The van der Waals surface area contributed by atoms with E-state index in [-0.39, 0.29) is 5.95 Å². The van der Waals surface area contributed by atoms with Crippen LogP contribution in [-0.4, -0.2) is 40.4 Å². The summed E-state index contributed by atoms with van der Waals surface area (Å²) in [7, 11) is 0. The zero-order valence-electron chi connectivity index (χ0n) is 10.4. The lowest BCUT2D eigenvalue weighted by atomic mass is 9.94. The van der Waals surface area contributed by atoms with E-state index in [2.05, 4.69) is 15.3 Å². The molecule has 0 amide bonds. The van der Waals surface area contributed by atoms with Gasteiger partial charge in [-0.25, -0.2) is 4.98 Å². The second-order valence-corrected chi connectivity index (χ2v) is 5.65. The van der Waals surface area contributed by atoms with Crippen LogP contribution in [0.15, 0.2) is 11.4 Å². The third kappa shape index (κ3) is 2.63. The number of thiophene rings is 1.